The van der Waals surface area contributed by atoms with Gasteiger partial charge in [-0.3, -0.25) is 19.4 Å². The number of benzene rings is 1. The van der Waals surface area contributed by atoms with E-state index in [0.29, 0.717) is 42.0 Å². The van der Waals surface area contributed by atoms with E-state index in [1.165, 1.54) is 0 Å². The highest BCUT2D eigenvalue weighted by atomic mass is 16.4. The Labute approximate surface area is 232 Å². The van der Waals surface area contributed by atoms with Crippen molar-refractivity contribution >= 4 is 23.5 Å². The van der Waals surface area contributed by atoms with Gasteiger partial charge in [0.2, 0.25) is 0 Å². The molecule has 3 aliphatic rings. The van der Waals surface area contributed by atoms with Crippen LogP contribution in [-0.4, -0.2) is 45.7 Å². The van der Waals surface area contributed by atoms with Crippen molar-refractivity contribution in [1.82, 2.24) is 10.2 Å². The highest BCUT2D eigenvalue weighted by molar-refractivity contribution is 6.40. The average Bonchev–Trinajstić information content (AvgIpc) is 3.13. The third-order valence-corrected chi connectivity index (χ3v) is 8.80. The minimum atomic E-state index is -0.950. The average molecular weight is 534 g/mol. The van der Waals surface area contributed by atoms with E-state index in [0.717, 1.165) is 37.7 Å². The fraction of sp³-hybridized carbons (Fsp3) is 0.562. The summed E-state index contributed by atoms with van der Waals surface area (Å²) in [6.07, 6.45) is 14.0. The number of carboxylic acid groups (broad SMARTS) is 1. The molecule has 1 fully saturated rings. The number of aliphatic imine (C=N–C) groups is 1. The fourth-order valence-electron chi connectivity index (χ4n) is 6.17. The van der Waals surface area contributed by atoms with Crippen LogP contribution in [0.5, 0.6) is 0 Å². The zero-order chi connectivity index (χ0) is 28.2. The van der Waals surface area contributed by atoms with Crippen LogP contribution in [0, 0.1) is 23.2 Å². The molecule has 2 atom stereocenters. The van der Waals surface area contributed by atoms with Crippen molar-refractivity contribution in [2.24, 2.45) is 28.2 Å². The third kappa shape index (κ3) is 6.87. The number of carbonyl (C=O) groups excluding carboxylic acids is 2. The highest BCUT2D eigenvalue weighted by Gasteiger charge is 2.49. The number of nitrogens with zero attached hydrogens (tertiary/aromatic N) is 2. The molecule has 210 valence electrons. The maximum absolute atomic E-state index is 13.8. The molecule has 1 saturated carbocycles. The maximum atomic E-state index is 13.8. The standard InChI is InChI=1S/C32H43N3O4/c1-22-7-5-6-8-24(22)13-14-27-30(39)35(32(34-27)18-15-26(16-19-32)31(2,3)4)21-23-9-11-25(12-10-23)29(38)33-20-17-28(36)37/h5-12,22,24,26H,13-21H2,1-4H3,(H,33,38)(H,36,37). The summed E-state index contributed by atoms with van der Waals surface area (Å²) in [5, 5.41) is 11.4. The lowest BCUT2D eigenvalue weighted by molar-refractivity contribution is -0.136. The molecule has 1 heterocycles. The van der Waals surface area contributed by atoms with Crippen molar-refractivity contribution in [1.29, 1.82) is 0 Å². The molecule has 2 aliphatic carbocycles. The van der Waals surface area contributed by atoms with Gasteiger partial charge in [0.15, 0.2) is 0 Å². The van der Waals surface area contributed by atoms with Crippen molar-refractivity contribution in [3.63, 3.8) is 0 Å². The number of amides is 2. The molecule has 1 spiro atoms. The first-order valence-corrected chi connectivity index (χ1v) is 14.3. The number of allylic oxidation sites excluding steroid dienone is 4. The molecule has 1 aliphatic heterocycles. The number of hydrogen-bond acceptors (Lipinski definition) is 4. The molecule has 39 heavy (non-hydrogen) atoms. The monoisotopic (exact) mass is 533 g/mol. The largest absolute Gasteiger partial charge is 0.481 e. The third-order valence-electron chi connectivity index (χ3n) is 8.80. The van der Waals surface area contributed by atoms with Gasteiger partial charge >= 0.3 is 5.97 Å². The topological polar surface area (TPSA) is 99.1 Å². The van der Waals surface area contributed by atoms with Crippen LogP contribution in [0.1, 0.15) is 88.6 Å². The molecule has 0 radical (unpaired) electrons. The predicted octanol–water partition coefficient (Wildman–Crippen LogP) is 5.77. The van der Waals surface area contributed by atoms with Gasteiger partial charge < -0.3 is 15.3 Å². The van der Waals surface area contributed by atoms with Gasteiger partial charge in [0.25, 0.3) is 11.8 Å². The quantitative estimate of drug-likeness (QED) is 0.421. The Kier molecular flexibility index (Phi) is 8.77. The minimum absolute atomic E-state index is 0.0442. The van der Waals surface area contributed by atoms with Gasteiger partial charge in [0, 0.05) is 18.7 Å². The van der Waals surface area contributed by atoms with Gasteiger partial charge in [-0.1, -0.05) is 64.1 Å². The van der Waals surface area contributed by atoms with E-state index >= 15 is 0 Å². The molecule has 0 bridgehead atoms. The van der Waals surface area contributed by atoms with Gasteiger partial charge in [-0.15, -0.1) is 0 Å². The summed E-state index contributed by atoms with van der Waals surface area (Å²) in [5.74, 6) is 0.277. The normalized spacial score (nSPS) is 26.7. The summed E-state index contributed by atoms with van der Waals surface area (Å²) >= 11 is 0. The molecule has 2 amide bonds. The van der Waals surface area contributed by atoms with Crippen molar-refractivity contribution in [3.05, 3.63) is 59.7 Å². The molecular weight excluding hydrogens is 490 g/mol. The van der Waals surface area contributed by atoms with Crippen LogP contribution >= 0.6 is 0 Å². The van der Waals surface area contributed by atoms with E-state index in [2.05, 4.69) is 57.3 Å². The summed E-state index contributed by atoms with van der Waals surface area (Å²) in [6.45, 7) is 9.66. The van der Waals surface area contributed by atoms with Gasteiger partial charge in [-0.2, -0.15) is 0 Å². The first kappa shape index (κ1) is 28.8. The van der Waals surface area contributed by atoms with Crippen LogP contribution in [0.3, 0.4) is 0 Å². The van der Waals surface area contributed by atoms with Crippen LogP contribution in [0.4, 0.5) is 0 Å². The molecule has 2 unspecified atom stereocenters. The van der Waals surface area contributed by atoms with E-state index in [1.54, 1.807) is 12.1 Å². The lowest BCUT2D eigenvalue weighted by Crippen LogP contribution is -2.49. The zero-order valence-electron chi connectivity index (χ0n) is 23.8. The van der Waals surface area contributed by atoms with Crippen LogP contribution < -0.4 is 5.32 Å². The Morgan fingerprint density at radius 3 is 2.38 bits per heavy atom. The molecule has 7 nitrogen and oxygen atoms in total. The van der Waals surface area contributed by atoms with Crippen LogP contribution in [0.15, 0.2) is 53.6 Å². The van der Waals surface area contributed by atoms with E-state index in [1.807, 2.05) is 17.0 Å². The Balaban J connectivity index is 1.48. The molecular formula is C32H43N3O4. The lowest BCUT2D eigenvalue weighted by atomic mass is 9.69. The van der Waals surface area contributed by atoms with Gasteiger partial charge in [-0.05, 0) is 79.4 Å². The summed E-state index contributed by atoms with van der Waals surface area (Å²) < 4.78 is 0. The summed E-state index contributed by atoms with van der Waals surface area (Å²) in [4.78, 5) is 44.1. The van der Waals surface area contributed by atoms with Gasteiger partial charge in [-0.25, -0.2) is 0 Å². The van der Waals surface area contributed by atoms with Crippen LogP contribution in [0.25, 0.3) is 0 Å². The van der Waals surface area contributed by atoms with Crippen LogP contribution in [-0.2, 0) is 16.1 Å². The second kappa shape index (κ2) is 11.9. The zero-order valence-corrected chi connectivity index (χ0v) is 23.8. The highest BCUT2D eigenvalue weighted by Crippen LogP contribution is 2.47. The lowest BCUT2D eigenvalue weighted by Gasteiger charge is -2.45. The summed E-state index contributed by atoms with van der Waals surface area (Å²) in [5.41, 5.74) is 1.87. The number of aliphatic carboxylic acids is 1. The molecule has 7 heteroatoms. The first-order valence-electron chi connectivity index (χ1n) is 14.3. The van der Waals surface area contributed by atoms with Crippen molar-refractivity contribution in [2.45, 2.75) is 84.8 Å². The molecule has 0 saturated heterocycles. The maximum Gasteiger partial charge on any atom is 0.305 e. The van der Waals surface area contributed by atoms with Crippen molar-refractivity contribution in [3.8, 4) is 0 Å². The SMILES string of the molecule is CC1C=CC=CC1CCC1=NC2(CCC(C(C)(C)C)CC2)N(Cc2ccc(C(=O)NCCC(=O)O)cc2)C1=O. The van der Waals surface area contributed by atoms with E-state index < -0.39 is 11.6 Å². The number of carboxylic acids is 1. The summed E-state index contributed by atoms with van der Waals surface area (Å²) in [6, 6.07) is 7.24. The molecule has 4 rings (SSSR count). The minimum Gasteiger partial charge on any atom is -0.481 e. The molecule has 1 aromatic rings. The Hall–Kier alpha value is -3.22. The Bertz CT molecular complexity index is 1150. The van der Waals surface area contributed by atoms with Gasteiger partial charge in [0.1, 0.15) is 11.4 Å². The number of rotatable bonds is 9. The Morgan fingerprint density at radius 1 is 1.10 bits per heavy atom. The fourth-order valence-corrected chi connectivity index (χ4v) is 6.17. The second-order valence-electron chi connectivity index (χ2n) is 12.5. The number of hydrogen-bond donors (Lipinski definition) is 2. The van der Waals surface area contributed by atoms with Crippen LogP contribution in [0.2, 0.25) is 0 Å². The van der Waals surface area contributed by atoms with Crippen molar-refractivity contribution < 1.29 is 19.5 Å². The first-order chi connectivity index (χ1) is 18.5. The number of carbonyl (C=O) groups is 3. The molecule has 2 N–H and O–H groups in total. The van der Waals surface area contributed by atoms with Crippen molar-refractivity contribution in [2.75, 3.05) is 6.54 Å². The second-order valence-corrected chi connectivity index (χ2v) is 12.5. The van der Waals surface area contributed by atoms with E-state index in [-0.39, 0.29) is 30.2 Å². The predicted molar refractivity (Wildman–Crippen MR) is 153 cm³/mol. The Morgan fingerprint density at radius 2 is 1.77 bits per heavy atom. The molecule has 0 aromatic heterocycles. The smallest absolute Gasteiger partial charge is 0.305 e. The number of nitrogens with one attached hydrogen (secondary N) is 1. The van der Waals surface area contributed by atoms with E-state index in [4.69, 9.17) is 10.1 Å². The van der Waals surface area contributed by atoms with E-state index in [9.17, 15) is 14.4 Å². The summed E-state index contributed by atoms with van der Waals surface area (Å²) in [7, 11) is 0. The van der Waals surface area contributed by atoms with Gasteiger partial charge in [0.05, 0.1) is 6.42 Å². The molecule has 1 aromatic carbocycles.